The molecule has 3 nitrogen and oxygen atoms in total. The Labute approximate surface area is 105 Å². The second-order valence-electron chi connectivity index (χ2n) is 3.34. The topological polar surface area (TPSA) is 41.1 Å². The number of carbonyl (C=O) groups excluding carboxylic acids is 1. The number of benzene rings is 1. The Bertz CT molecular complexity index is 369. The van der Waals surface area contributed by atoms with E-state index in [9.17, 15) is 4.79 Å². The number of rotatable bonds is 5. The van der Waals surface area contributed by atoms with Crippen LogP contribution in [0, 0.1) is 0 Å². The Balaban J connectivity index is 2.43. The van der Waals surface area contributed by atoms with E-state index in [-0.39, 0.29) is 5.91 Å². The highest BCUT2D eigenvalue weighted by Crippen LogP contribution is 2.25. The van der Waals surface area contributed by atoms with E-state index in [0.717, 1.165) is 5.56 Å². The normalized spacial score (nSPS) is 10.2. The van der Waals surface area contributed by atoms with Crippen molar-refractivity contribution in [2.24, 2.45) is 0 Å². The van der Waals surface area contributed by atoms with Crippen molar-refractivity contribution in [1.29, 1.82) is 0 Å². The van der Waals surface area contributed by atoms with E-state index in [1.54, 1.807) is 13.1 Å². The van der Waals surface area contributed by atoms with Gasteiger partial charge in [-0.15, -0.1) is 0 Å². The molecule has 0 fully saturated rings. The zero-order valence-electron chi connectivity index (χ0n) is 9.02. The lowest BCUT2D eigenvalue weighted by Gasteiger charge is -2.07. The first-order valence-corrected chi connectivity index (χ1v) is 5.75. The zero-order valence-corrected chi connectivity index (χ0v) is 10.5. The lowest BCUT2D eigenvalue weighted by atomic mass is 10.1. The van der Waals surface area contributed by atoms with E-state index >= 15 is 0 Å². The van der Waals surface area contributed by atoms with Crippen LogP contribution in [0.25, 0.3) is 0 Å². The van der Waals surface area contributed by atoms with E-state index in [1.165, 1.54) is 0 Å². The molecule has 0 atom stereocenters. The fourth-order valence-corrected chi connectivity index (χ4v) is 1.72. The molecule has 88 valence electrons. The highest BCUT2D eigenvalue weighted by Gasteiger charge is 2.04. The third-order valence-electron chi connectivity index (χ3n) is 2.09. The number of amides is 1. The summed E-state index contributed by atoms with van der Waals surface area (Å²) in [6.07, 6.45) is 0.675. The number of likely N-dealkylation sites (N-methyl/N-ethyl adjacent to an activating group) is 1. The molecule has 0 aliphatic rings. The summed E-state index contributed by atoms with van der Waals surface area (Å²) in [4.78, 5) is 11.2. The van der Waals surface area contributed by atoms with Gasteiger partial charge in [0.05, 0.1) is 16.6 Å². The lowest BCUT2D eigenvalue weighted by Crippen LogP contribution is -2.33. The van der Waals surface area contributed by atoms with Crippen molar-refractivity contribution in [3.8, 4) is 0 Å². The summed E-state index contributed by atoms with van der Waals surface area (Å²) in [5, 5.41) is 6.66. The van der Waals surface area contributed by atoms with Crippen molar-refractivity contribution < 1.29 is 4.79 Å². The van der Waals surface area contributed by atoms with Crippen molar-refractivity contribution in [3.05, 3.63) is 33.8 Å². The minimum absolute atomic E-state index is 0.0272. The van der Waals surface area contributed by atoms with Crippen LogP contribution in [-0.2, 0) is 11.2 Å². The van der Waals surface area contributed by atoms with Crippen LogP contribution in [0.1, 0.15) is 5.56 Å². The van der Waals surface area contributed by atoms with Crippen LogP contribution >= 0.6 is 23.2 Å². The van der Waals surface area contributed by atoms with Crippen LogP contribution in [-0.4, -0.2) is 26.0 Å². The van der Waals surface area contributed by atoms with Gasteiger partial charge in [0.1, 0.15) is 0 Å². The molecule has 0 heterocycles. The lowest BCUT2D eigenvalue weighted by molar-refractivity contribution is -0.120. The second-order valence-corrected chi connectivity index (χ2v) is 4.13. The first kappa shape index (κ1) is 13.3. The molecule has 0 unspecified atom stereocenters. The molecule has 1 amide bonds. The van der Waals surface area contributed by atoms with Crippen LogP contribution in [0.15, 0.2) is 18.2 Å². The Morgan fingerprint density at radius 1 is 1.38 bits per heavy atom. The molecule has 0 saturated heterocycles. The number of nitrogens with one attached hydrogen (secondary N) is 2. The Hall–Kier alpha value is -0.770. The largest absolute Gasteiger partial charge is 0.355 e. The molecule has 16 heavy (non-hydrogen) atoms. The van der Waals surface area contributed by atoms with Gasteiger partial charge in [0.2, 0.25) is 5.91 Å². The Kier molecular flexibility index (Phi) is 5.60. The monoisotopic (exact) mass is 260 g/mol. The SMILES string of the molecule is CNCC(=O)NCCc1cccc(Cl)c1Cl. The molecule has 2 N–H and O–H groups in total. The van der Waals surface area contributed by atoms with Crippen molar-refractivity contribution in [2.45, 2.75) is 6.42 Å². The maximum absolute atomic E-state index is 11.2. The summed E-state index contributed by atoms with van der Waals surface area (Å²) in [5.74, 6) is -0.0272. The van der Waals surface area contributed by atoms with Gasteiger partial charge in [-0.2, -0.15) is 0 Å². The zero-order chi connectivity index (χ0) is 12.0. The molecule has 5 heteroatoms. The van der Waals surface area contributed by atoms with Gasteiger partial charge < -0.3 is 10.6 Å². The fourth-order valence-electron chi connectivity index (χ4n) is 1.30. The van der Waals surface area contributed by atoms with Gasteiger partial charge in [-0.3, -0.25) is 4.79 Å². The number of hydrogen-bond acceptors (Lipinski definition) is 2. The van der Waals surface area contributed by atoms with E-state index < -0.39 is 0 Å². The highest BCUT2D eigenvalue weighted by atomic mass is 35.5. The molecule has 0 aromatic heterocycles. The third-order valence-corrected chi connectivity index (χ3v) is 2.94. The van der Waals surface area contributed by atoms with Gasteiger partial charge in [-0.25, -0.2) is 0 Å². The molecule has 0 aliphatic heterocycles. The average molecular weight is 261 g/mol. The predicted molar refractivity (Wildman–Crippen MR) is 67.1 cm³/mol. The van der Waals surface area contributed by atoms with Gasteiger partial charge >= 0.3 is 0 Å². The van der Waals surface area contributed by atoms with Crippen molar-refractivity contribution in [1.82, 2.24) is 10.6 Å². The summed E-state index contributed by atoms with van der Waals surface area (Å²) < 4.78 is 0. The number of carbonyl (C=O) groups is 1. The molecule has 1 rings (SSSR count). The highest BCUT2D eigenvalue weighted by molar-refractivity contribution is 6.42. The molecule has 1 aromatic rings. The molecule has 0 radical (unpaired) electrons. The third kappa shape index (κ3) is 4.00. The standard InChI is InChI=1S/C11H14Cl2N2O/c1-14-7-10(16)15-6-5-8-3-2-4-9(12)11(8)13/h2-4,14H,5-7H2,1H3,(H,15,16). The minimum atomic E-state index is -0.0272. The summed E-state index contributed by atoms with van der Waals surface area (Å²) in [7, 11) is 1.73. The molecule has 0 spiro atoms. The fraction of sp³-hybridized carbons (Fsp3) is 0.364. The van der Waals surface area contributed by atoms with Crippen molar-refractivity contribution >= 4 is 29.1 Å². The number of hydrogen-bond donors (Lipinski definition) is 2. The first-order valence-electron chi connectivity index (χ1n) is 4.99. The van der Waals surface area contributed by atoms with Crippen LogP contribution in [0.3, 0.4) is 0 Å². The van der Waals surface area contributed by atoms with Gasteiger partial charge in [-0.1, -0.05) is 35.3 Å². The predicted octanol–water partition coefficient (Wildman–Crippen LogP) is 1.87. The van der Waals surface area contributed by atoms with Crippen LogP contribution < -0.4 is 10.6 Å². The molecular weight excluding hydrogens is 247 g/mol. The molecule has 0 aliphatic carbocycles. The first-order chi connectivity index (χ1) is 7.65. The van der Waals surface area contributed by atoms with Crippen LogP contribution in [0.4, 0.5) is 0 Å². The summed E-state index contributed by atoms with van der Waals surface area (Å²) in [6.45, 7) is 0.879. The van der Waals surface area contributed by atoms with E-state index in [2.05, 4.69) is 10.6 Å². The molecule has 0 saturated carbocycles. The van der Waals surface area contributed by atoms with Gasteiger partial charge in [0.15, 0.2) is 0 Å². The minimum Gasteiger partial charge on any atom is -0.355 e. The van der Waals surface area contributed by atoms with E-state index in [0.29, 0.717) is 29.6 Å². The summed E-state index contributed by atoms with van der Waals surface area (Å²) in [6, 6.07) is 5.49. The van der Waals surface area contributed by atoms with E-state index in [4.69, 9.17) is 23.2 Å². The Morgan fingerprint density at radius 2 is 2.12 bits per heavy atom. The van der Waals surface area contributed by atoms with Crippen molar-refractivity contribution in [2.75, 3.05) is 20.1 Å². The smallest absolute Gasteiger partial charge is 0.233 e. The maximum atomic E-state index is 11.2. The quantitative estimate of drug-likeness (QED) is 0.849. The van der Waals surface area contributed by atoms with E-state index in [1.807, 2.05) is 12.1 Å². The molecule has 1 aromatic carbocycles. The van der Waals surface area contributed by atoms with Gasteiger partial charge in [0, 0.05) is 6.54 Å². The summed E-state index contributed by atoms with van der Waals surface area (Å²) in [5.41, 5.74) is 0.943. The van der Waals surface area contributed by atoms with Gasteiger partial charge in [-0.05, 0) is 25.1 Å². The molecule has 0 bridgehead atoms. The van der Waals surface area contributed by atoms with Crippen LogP contribution in [0.5, 0.6) is 0 Å². The average Bonchev–Trinajstić information content (AvgIpc) is 2.25. The maximum Gasteiger partial charge on any atom is 0.233 e. The molecular formula is C11H14Cl2N2O. The van der Waals surface area contributed by atoms with Crippen molar-refractivity contribution in [3.63, 3.8) is 0 Å². The van der Waals surface area contributed by atoms with Crippen LogP contribution in [0.2, 0.25) is 10.0 Å². The Morgan fingerprint density at radius 3 is 2.81 bits per heavy atom. The number of halogens is 2. The second kappa shape index (κ2) is 6.74. The summed E-state index contributed by atoms with van der Waals surface area (Å²) >= 11 is 11.9. The van der Waals surface area contributed by atoms with Gasteiger partial charge in [0.25, 0.3) is 0 Å².